The Labute approximate surface area is 129 Å². The molecule has 1 aromatic heterocycles. The molecule has 0 saturated carbocycles. The minimum atomic E-state index is -0.429. The largest absolute Gasteiger partial charge is 0.445 e. The lowest BCUT2D eigenvalue weighted by molar-refractivity contribution is 0.111. The van der Waals surface area contributed by atoms with Crippen LogP contribution in [0.2, 0.25) is 0 Å². The van der Waals surface area contributed by atoms with E-state index in [0.717, 1.165) is 17.4 Å². The first kappa shape index (κ1) is 15.6. The maximum atomic E-state index is 11.5. The third-order valence-electron chi connectivity index (χ3n) is 2.96. The number of benzene rings is 1. The van der Waals surface area contributed by atoms with Crippen molar-refractivity contribution in [3.05, 3.63) is 65.5 Å². The van der Waals surface area contributed by atoms with Gasteiger partial charge in [-0.05, 0) is 23.6 Å². The second-order valence-electron chi connectivity index (χ2n) is 4.69. The fourth-order valence-electron chi connectivity index (χ4n) is 1.84. The van der Waals surface area contributed by atoms with Crippen LogP contribution in [0.25, 0.3) is 6.08 Å². The number of H-pyrrole nitrogens is 1. The van der Waals surface area contributed by atoms with Crippen LogP contribution in [0.1, 0.15) is 28.0 Å². The number of nitrogens with one attached hydrogen (secondary N) is 2. The normalized spacial score (nSPS) is 10.5. The average molecular weight is 298 g/mol. The molecule has 0 aliphatic rings. The topological polar surface area (TPSA) is 71.2 Å². The summed E-state index contributed by atoms with van der Waals surface area (Å²) >= 11 is 0. The Hall–Kier alpha value is -2.82. The van der Waals surface area contributed by atoms with Crippen LogP contribution in [-0.4, -0.2) is 23.9 Å². The summed E-state index contributed by atoms with van der Waals surface area (Å²) < 4.78 is 5.09. The number of aldehydes is 1. The molecule has 0 fully saturated rings. The number of carbonyl (C=O) groups is 2. The molecule has 0 saturated heterocycles. The van der Waals surface area contributed by atoms with Gasteiger partial charge in [-0.2, -0.15) is 0 Å². The molecule has 1 aromatic carbocycles. The van der Waals surface area contributed by atoms with Crippen molar-refractivity contribution < 1.29 is 14.3 Å². The average Bonchev–Trinajstić information content (AvgIpc) is 3.01. The number of aromatic nitrogens is 1. The van der Waals surface area contributed by atoms with Crippen LogP contribution in [-0.2, 0) is 11.3 Å². The third kappa shape index (κ3) is 5.28. The molecule has 0 radical (unpaired) electrons. The standard InChI is InChI=1S/C17H18N2O3/c20-12-16-10-15(11-19-16)8-4-5-9-18-17(21)22-13-14-6-2-1-3-7-14/h1-4,6-8,10-12,19H,5,9,13H2,(H,18,21). The van der Waals surface area contributed by atoms with Crippen molar-refractivity contribution in [2.75, 3.05) is 6.54 Å². The van der Waals surface area contributed by atoms with E-state index >= 15 is 0 Å². The second-order valence-corrected chi connectivity index (χ2v) is 4.69. The van der Waals surface area contributed by atoms with E-state index in [1.54, 1.807) is 12.3 Å². The number of rotatable bonds is 7. The zero-order valence-corrected chi connectivity index (χ0v) is 12.1. The third-order valence-corrected chi connectivity index (χ3v) is 2.96. The summed E-state index contributed by atoms with van der Waals surface area (Å²) in [6.07, 6.45) is 6.59. The van der Waals surface area contributed by atoms with Crippen LogP contribution >= 0.6 is 0 Å². The van der Waals surface area contributed by atoms with Gasteiger partial charge in [-0.3, -0.25) is 4.79 Å². The lowest BCUT2D eigenvalue weighted by atomic mass is 10.2. The monoisotopic (exact) mass is 298 g/mol. The maximum absolute atomic E-state index is 11.5. The van der Waals surface area contributed by atoms with E-state index in [9.17, 15) is 9.59 Å². The first-order valence-electron chi connectivity index (χ1n) is 7.02. The molecule has 0 unspecified atom stereocenters. The summed E-state index contributed by atoms with van der Waals surface area (Å²) in [6, 6.07) is 11.3. The fraction of sp³-hybridized carbons (Fsp3) is 0.176. The number of hydrogen-bond acceptors (Lipinski definition) is 3. The minimum absolute atomic E-state index is 0.264. The highest BCUT2D eigenvalue weighted by molar-refractivity contribution is 5.73. The van der Waals surface area contributed by atoms with Crippen molar-refractivity contribution in [3.63, 3.8) is 0 Å². The van der Waals surface area contributed by atoms with Crippen LogP contribution in [0.4, 0.5) is 4.79 Å². The maximum Gasteiger partial charge on any atom is 0.407 e. The Morgan fingerprint density at radius 1 is 1.27 bits per heavy atom. The van der Waals surface area contributed by atoms with Crippen molar-refractivity contribution in [3.8, 4) is 0 Å². The predicted octanol–water partition coefficient (Wildman–Crippen LogP) is 3.16. The zero-order valence-electron chi connectivity index (χ0n) is 12.1. The minimum Gasteiger partial charge on any atom is -0.445 e. The first-order chi connectivity index (χ1) is 10.8. The summed E-state index contributed by atoms with van der Waals surface area (Å²) in [5.41, 5.74) is 2.42. The highest BCUT2D eigenvalue weighted by Gasteiger charge is 2.00. The SMILES string of the molecule is O=Cc1cc(C=CCCNC(=O)OCc2ccccc2)c[nH]1. The lowest BCUT2D eigenvalue weighted by Gasteiger charge is -2.05. The van der Waals surface area contributed by atoms with E-state index in [1.165, 1.54) is 0 Å². The van der Waals surface area contributed by atoms with E-state index in [0.29, 0.717) is 18.7 Å². The van der Waals surface area contributed by atoms with Gasteiger partial charge in [0, 0.05) is 12.7 Å². The van der Waals surface area contributed by atoms with Gasteiger partial charge in [-0.1, -0.05) is 42.5 Å². The smallest absolute Gasteiger partial charge is 0.407 e. The van der Waals surface area contributed by atoms with Gasteiger partial charge in [0.1, 0.15) is 6.61 Å². The highest BCUT2D eigenvalue weighted by atomic mass is 16.5. The molecule has 1 amide bonds. The highest BCUT2D eigenvalue weighted by Crippen LogP contribution is 2.04. The summed E-state index contributed by atoms with van der Waals surface area (Å²) in [6.45, 7) is 0.759. The van der Waals surface area contributed by atoms with Gasteiger partial charge < -0.3 is 15.0 Å². The van der Waals surface area contributed by atoms with Crippen molar-refractivity contribution >= 4 is 18.5 Å². The summed E-state index contributed by atoms with van der Waals surface area (Å²) in [5.74, 6) is 0. The summed E-state index contributed by atoms with van der Waals surface area (Å²) in [5, 5.41) is 2.68. The molecule has 5 nitrogen and oxygen atoms in total. The molecule has 0 bridgehead atoms. The van der Waals surface area contributed by atoms with E-state index in [4.69, 9.17) is 4.74 Å². The van der Waals surface area contributed by atoms with Crippen molar-refractivity contribution in [1.29, 1.82) is 0 Å². The van der Waals surface area contributed by atoms with E-state index < -0.39 is 6.09 Å². The van der Waals surface area contributed by atoms with Crippen molar-refractivity contribution in [2.45, 2.75) is 13.0 Å². The molecule has 0 aliphatic carbocycles. The number of carbonyl (C=O) groups excluding carboxylic acids is 2. The fourth-order valence-corrected chi connectivity index (χ4v) is 1.84. The van der Waals surface area contributed by atoms with Crippen LogP contribution in [0, 0.1) is 0 Å². The van der Waals surface area contributed by atoms with Gasteiger partial charge in [-0.25, -0.2) is 4.79 Å². The zero-order chi connectivity index (χ0) is 15.6. The Morgan fingerprint density at radius 2 is 2.09 bits per heavy atom. The molecule has 0 spiro atoms. The quantitative estimate of drug-likeness (QED) is 0.609. The molecular weight excluding hydrogens is 280 g/mol. The predicted molar refractivity (Wildman–Crippen MR) is 84.5 cm³/mol. The molecule has 2 N–H and O–H groups in total. The van der Waals surface area contributed by atoms with Crippen LogP contribution < -0.4 is 5.32 Å². The Balaban J connectivity index is 1.61. The Bertz CT molecular complexity index is 632. The number of alkyl carbamates (subject to hydrolysis) is 1. The van der Waals surface area contributed by atoms with E-state index in [1.807, 2.05) is 42.5 Å². The number of hydrogen-bond donors (Lipinski definition) is 2. The van der Waals surface area contributed by atoms with Gasteiger partial charge in [0.2, 0.25) is 0 Å². The van der Waals surface area contributed by atoms with Gasteiger partial charge in [0.15, 0.2) is 6.29 Å². The Morgan fingerprint density at radius 3 is 2.82 bits per heavy atom. The van der Waals surface area contributed by atoms with E-state index in [-0.39, 0.29) is 6.61 Å². The number of ether oxygens (including phenoxy) is 1. The molecule has 1 heterocycles. The van der Waals surface area contributed by atoms with Crippen LogP contribution in [0.15, 0.2) is 48.7 Å². The molecule has 22 heavy (non-hydrogen) atoms. The molecular formula is C17H18N2O3. The molecule has 2 aromatic rings. The Kier molecular flexibility index (Phi) is 5.99. The van der Waals surface area contributed by atoms with Crippen LogP contribution in [0.3, 0.4) is 0 Å². The lowest BCUT2D eigenvalue weighted by Crippen LogP contribution is -2.24. The first-order valence-corrected chi connectivity index (χ1v) is 7.02. The van der Waals surface area contributed by atoms with Gasteiger partial charge >= 0.3 is 6.09 Å². The molecule has 114 valence electrons. The number of amides is 1. The van der Waals surface area contributed by atoms with Gasteiger partial charge in [0.05, 0.1) is 5.69 Å². The number of aromatic amines is 1. The van der Waals surface area contributed by atoms with E-state index in [2.05, 4.69) is 10.3 Å². The molecule has 0 aliphatic heterocycles. The van der Waals surface area contributed by atoms with Crippen molar-refractivity contribution in [1.82, 2.24) is 10.3 Å². The molecule has 2 rings (SSSR count). The summed E-state index contributed by atoms with van der Waals surface area (Å²) in [7, 11) is 0. The summed E-state index contributed by atoms with van der Waals surface area (Å²) in [4.78, 5) is 24.8. The molecule has 0 atom stereocenters. The second kappa shape index (κ2) is 8.46. The van der Waals surface area contributed by atoms with Crippen LogP contribution in [0.5, 0.6) is 0 Å². The molecule has 5 heteroatoms. The van der Waals surface area contributed by atoms with Crippen molar-refractivity contribution in [2.24, 2.45) is 0 Å². The van der Waals surface area contributed by atoms with Gasteiger partial charge in [-0.15, -0.1) is 0 Å². The van der Waals surface area contributed by atoms with Gasteiger partial charge in [0.25, 0.3) is 0 Å².